The van der Waals surface area contributed by atoms with E-state index >= 15 is 0 Å². The van der Waals surface area contributed by atoms with Gasteiger partial charge in [-0.25, -0.2) is 0 Å². The number of carbonyl (C=O) groups excluding carboxylic acids is 2. The van der Waals surface area contributed by atoms with Crippen molar-refractivity contribution >= 4 is 28.5 Å². The second kappa shape index (κ2) is 5.38. The Morgan fingerprint density at radius 2 is 2.17 bits per heavy atom. The highest BCUT2D eigenvalue weighted by atomic mass is 16.3. The van der Waals surface area contributed by atoms with E-state index in [2.05, 4.69) is 16.0 Å². The van der Waals surface area contributed by atoms with Crippen molar-refractivity contribution in [2.45, 2.75) is 44.3 Å². The van der Waals surface area contributed by atoms with Crippen LogP contribution in [0.25, 0.3) is 11.0 Å². The van der Waals surface area contributed by atoms with Gasteiger partial charge in [0.2, 0.25) is 5.91 Å². The molecule has 1 aromatic heterocycles. The van der Waals surface area contributed by atoms with Gasteiger partial charge in [0.1, 0.15) is 11.8 Å². The van der Waals surface area contributed by atoms with Gasteiger partial charge in [0.15, 0.2) is 0 Å². The highest BCUT2D eigenvalue weighted by Crippen LogP contribution is 2.29. The van der Waals surface area contributed by atoms with Crippen LogP contribution < -0.4 is 16.0 Å². The van der Waals surface area contributed by atoms with Gasteiger partial charge in [-0.1, -0.05) is 0 Å². The molecular formula is C17H19N3O3. The predicted molar refractivity (Wildman–Crippen MR) is 86.3 cm³/mol. The molecule has 2 amide bonds. The minimum atomic E-state index is -0.171. The number of hydrogen-bond donors (Lipinski definition) is 3. The lowest BCUT2D eigenvalue weighted by Gasteiger charge is -2.21. The van der Waals surface area contributed by atoms with E-state index in [1.54, 1.807) is 18.2 Å². The van der Waals surface area contributed by atoms with Crippen molar-refractivity contribution in [1.82, 2.24) is 10.6 Å². The Balaban J connectivity index is 1.55. The van der Waals surface area contributed by atoms with Crippen LogP contribution in [-0.4, -0.2) is 29.9 Å². The van der Waals surface area contributed by atoms with E-state index in [-0.39, 0.29) is 17.9 Å². The SMILES string of the molecule is CC(=O)Nc1coc2ccc(C(=O)N[C@@H]3C[C@H]4CC[C@@H]3N4)cc12. The first-order valence-electron chi connectivity index (χ1n) is 7.96. The Morgan fingerprint density at radius 3 is 2.87 bits per heavy atom. The third-order valence-electron chi connectivity index (χ3n) is 4.76. The number of amides is 2. The minimum Gasteiger partial charge on any atom is -0.462 e. The monoisotopic (exact) mass is 313 g/mol. The summed E-state index contributed by atoms with van der Waals surface area (Å²) in [6, 6.07) is 6.43. The summed E-state index contributed by atoms with van der Waals surface area (Å²) in [5.74, 6) is -0.253. The van der Waals surface area contributed by atoms with Crippen molar-refractivity contribution in [2.24, 2.45) is 0 Å². The van der Waals surface area contributed by atoms with Crippen LogP contribution >= 0.6 is 0 Å². The lowest BCUT2D eigenvalue weighted by atomic mass is 9.95. The Kier molecular flexibility index (Phi) is 3.34. The normalized spacial score (nSPS) is 25.7. The molecule has 3 N–H and O–H groups in total. The molecule has 2 aliphatic heterocycles. The van der Waals surface area contributed by atoms with Crippen LogP contribution in [0.5, 0.6) is 0 Å². The third-order valence-corrected chi connectivity index (χ3v) is 4.76. The Bertz CT molecular complexity index is 782. The lowest BCUT2D eigenvalue weighted by Crippen LogP contribution is -2.42. The standard InChI is InChI=1S/C17H19N3O3/c1-9(21)18-15-8-23-16-5-2-10(6-12(15)16)17(22)20-14-7-11-3-4-13(14)19-11/h2,5-6,8,11,13-14,19H,3-4,7H2,1H3,(H,18,21)(H,20,22)/t11-,13+,14-/m1/s1. The molecule has 2 bridgehead atoms. The fourth-order valence-corrected chi connectivity index (χ4v) is 3.69. The van der Waals surface area contributed by atoms with Crippen molar-refractivity contribution in [3.63, 3.8) is 0 Å². The third kappa shape index (κ3) is 2.59. The largest absolute Gasteiger partial charge is 0.462 e. The molecule has 120 valence electrons. The van der Waals surface area contributed by atoms with E-state index < -0.39 is 0 Å². The second-order valence-corrected chi connectivity index (χ2v) is 6.40. The van der Waals surface area contributed by atoms with Crippen LogP contribution in [0.4, 0.5) is 5.69 Å². The van der Waals surface area contributed by atoms with Crippen LogP contribution in [-0.2, 0) is 4.79 Å². The minimum absolute atomic E-state index is 0.0822. The average molecular weight is 313 g/mol. The molecular weight excluding hydrogens is 294 g/mol. The Morgan fingerprint density at radius 1 is 1.30 bits per heavy atom. The van der Waals surface area contributed by atoms with Crippen LogP contribution in [0.1, 0.15) is 36.5 Å². The lowest BCUT2D eigenvalue weighted by molar-refractivity contribution is -0.114. The van der Waals surface area contributed by atoms with Gasteiger partial charge in [-0.2, -0.15) is 0 Å². The summed E-state index contributed by atoms with van der Waals surface area (Å²) in [5, 5.41) is 10.1. The van der Waals surface area contributed by atoms with E-state index in [0.717, 1.165) is 18.2 Å². The van der Waals surface area contributed by atoms with Crippen molar-refractivity contribution < 1.29 is 14.0 Å². The zero-order valence-corrected chi connectivity index (χ0v) is 12.9. The van der Waals surface area contributed by atoms with Crippen LogP contribution in [0.2, 0.25) is 0 Å². The number of nitrogens with one attached hydrogen (secondary N) is 3. The number of carbonyl (C=O) groups is 2. The number of fused-ring (bicyclic) bond motifs is 3. The molecule has 0 aliphatic carbocycles. The summed E-state index contributed by atoms with van der Waals surface area (Å²) in [6.45, 7) is 1.44. The molecule has 4 rings (SSSR count). The fraction of sp³-hybridized carbons (Fsp3) is 0.412. The van der Waals surface area contributed by atoms with E-state index in [4.69, 9.17) is 4.42 Å². The van der Waals surface area contributed by atoms with Crippen molar-refractivity contribution in [3.8, 4) is 0 Å². The summed E-state index contributed by atoms with van der Waals surface area (Å²) in [5.41, 5.74) is 1.81. The molecule has 1 aromatic carbocycles. The molecule has 3 heterocycles. The molecule has 0 unspecified atom stereocenters. The molecule has 2 saturated heterocycles. The van der Waals surface area contributed by atoms with E-state index in [1.165, 1.54) is 19.6 Å². The van der Waals surface area contributed by atoms with E-state index in [0.29, 0.717) is 28.9 Å². The molecule has 2 fully saturated rings. The molecule has 0 saturated carbocycles. The quantitative estimate of drug-likeness (QED) is 0.809. The van der Waals surface area contributed by atoms with Crippen LogP contribution in [0.15, 0.2) is 28.9 Å². The molecule has 23 heavy (non-hydrogen) atoms. The van der Waals surface area contributed by atoms with Gasteiger partial charge in [-0.3, -0.25) is 9.59 Å². The summed E-state index contributed by atoms with van der Waals surface area (Å²) in [7, 11) is 0. The molecule has 3 atom stereocenters. The summed E-state index contributed by atoms with van der Waals surface area (Å²) in [4.78, 5) is 23.8. The van der Waals surface area contributed by atoms with Gasteiger partial charge in [-0.05, 0) is 37.5 Å². The van der Waals surface area contributed by atoms with Crippen molar-refractivity contribution in [3.05, 3.63) is 30.0 Å². The number of benzene rings is 1. The smallest absolute Gasteiger partial charge is 0.251 e. The number of hydrogen-bond acceptors (Lipinski definition) is 4. The molecule has 6 nitrogen and oxygen atoms in total. The molecule has 2 aliphatic rings. The fourth-order valence-electron chi connectivity index (χ4n) is 3.69. The first-order valence-corrected chi connectivity index (χ1v) is 7.96. The summed E-state index contributed by atoms with van der Waals surface area (Å²) in [6.07, 6.45) is 4.83. The first-order chi connectivity index (χ1) is 11.1. The van der Waals surface area contributed by atoms with Crippen molar-refractivity contribution in [1.29, 1.82) is 0 Å². The van der Waals surface area contributed by atoms with Crippen molar-refractivity contribution in [2.75, 3.05) is 5.32 Å². The second-order valence-electron chi connectivity index (χ2n) is 6.40. The Labute approximate surface area is 133 Å². The summed E-state index contributed by atoms with van der Waals surface area (Å²) < 4.78 is 5.40. The number of anilines is 1. The van der Waals surface area contributed by atoms with Gasteiger partial charge >= 0.3 is 0 Å². The van der Waals surface area contributed by atoms with E-state index in [9.17, 15) is 9.59 Å². The topological polar surface area (TPSA) is 83.4 Å². The van der Waals surface area contributed by atoms with Crippen LogP contribution in [0, 0.1) is 0 Å². The summed E-state index contributed by atoms with van der Waals surface area (Å²) >= 11 is 0. The van der Waals surface area contributed by atoms with Gasteiger partial charge < -0.3 is 20.4 Å². The van der Waals surface area contributed by atoms with Gasteiger partial charge in [0, 0.05) is 36.0 Å². The molecule has 0 radical (unpaired) electrons. The highest BCUT2D eigenvalue weighted by Gasteiger charge is 2.39. The predicted octanol–water partition coefficient (Wildman–Crippen LogP) is 2.01. The zero-order valence-electron chi connectivity index (χ0n) is 12.9. The average Bonchev–Trinajstić information content (AvgIpc) is 3.22. The molecule has 2 aromatic rings. The molecule has 6 heteroatoms. The van der Waals surface area contributed by atoms with Crippen LogP contribution in [0.3, 0.4) is 0 Å². The maximum Gasteiger partial charge on any atom is 0.251 e. The first kappa shape index (κ1) is 14.3. The molecule has 0 spiro atoms. The highest BCUT2D eigenvalue weighted by molar-refractivity contribution is 6.04. The maximum atomic E-state index is 12.5. The van der Waals surface area contributed by atoms with E-state index in [1.807, 2.05) is 0 Å². The van der Waals surface area contributed by atoms with Gasteiger partial charge in [-0.15, -0.1) is 0 Å². The van der Waals surface area contributed by atoms with Gasteiger partial charge in [0.25, 0.3) is 5.91 Å². The number of furan rings is 1. The maximum absolute atomic E-state index is 12.5. The zero-order chi connectivity index (χ0) is 16.0. The van der Waals surface area contributed by atoms with Gasteiger partial charge in [0.05, 0.1) is 5.69 Å². The number of rotatable bonds is 3. The Hall–Kier alpha value is -2.34.